The van der Waals surface area contributed by atoms with Gasteiger partial charge in [-0.15, -0.1) is 5.10 Å². The third kappa shape index (κ3) is 5.29. The van der Waals surface area contributed by atoms with E-state index in [0.29, 0.717) is 5.69 Å². The summed E-state index contributed by atoms with van der Waals surface area (Å²) in [4.78, 5) is 12.0. The lowest BCUT2D eigenvalue weighted by Gasteiger charge is -2.21. The van der Waals surface area contributed by atoms with Crippen LogP contribution in [0.1, 0.15) is 45.3 Å². The Balaban J connectivity index is 1.86. The second-order valence-electron chi connectivity index (χ2n) is 6.14. The lowest BCUT2D eigenvalue weighted by atomic mass is 9.97. The van der Waals surface area contributed by atoms with E-state index in [1.807, 2.05) is 51.1 Å². The summed E-state index contributed by atoms with van der Waals surface area (Å²) in [5.41, 5.74) is 1.57. The van der Waals surface area contributed by atoms with Crippen molar-refractivity contribution in [2.75, 3.05) is 6.54 Å². The lowest BCUT2D eigenvalue weighted by Crippen LogP contribution is -2.42. The van der Waals surface area contributed by atoms with Gasteiger partial charge in [-0.1, -0.05) is 50.1 Å². The molecule has 3 N–H and O–H groups in total. The molecule has 0 radical (unpaired) electrons. The van der Waals surface area contributed by atoms with Gasteiger partial charge in [0.25, 0.3) is 0 Å². The highest BCUT2D eigenvalue weighted by Crippen LogP contribution is 2.13. The van der Waals surface area contributed by atoms with Gasteiger partial charge in [0.05, 0.1) is 24.0 Å². The number of amides is 2. The van der Waals surface area contributed by atoms with Gasteiger partial charge in [-0.2, -0.15) is 0 Å². The van der Waals surface area contributed by atoms with Crippen LogP contribution < -0.4 is 10.6 Å². The summed E-state index contributed by atoms with van der Waals surface area (Å²) in [7, 11) is 0. The molecule has 1 heterocycles. The lowest BCUT2D eigenvalue weighted by molar-refractivity contribution is 0.103. The summed E-state index contributed by atoms with van der Waals surface area (Å²) in [5.74, 6) is 0.198. The highest BCUT2D eigenvalue weighted by molar-refractivity contribution is 5.74. The van der Waals surface area contributed by atoms with Gasteiger partial charge >= 0.3 is 6.03 Å². The number of carbonyl (C=O) groups excluding carboxylic acids is 1. The summed E-state index contributed by atoms with van der Waals surface area (Å²) in [6.45, 7) is 6.16. The van der Waals surface area contributed by atoms with Crippen LogP contribution in [-0.4, -0.2) is 38.8 Å². The third-order valence-corrected chi connectivity index (χ3v) is 4.39. The molecule has 136 valence electrons. The maximum Gasteiger partial charge on any atom is 0.315 e. The van der Waals surface area contributed by atoms with E-state index in [1.54, 1.807) is 10.9 Å². The second-order valence-corrected chi connectivity index (χ2v) is 6.14. The van der Waals surface area contributed by atoms with E-state index in [-0.39, 0.29) is 24.5 Å². The number of urea groups is 1. The van der Waals surface area contributed by atoms with Gasteiger partial charge in [0.1, 0.15) is 5.69 Å². The molecule has 0 aliphatic rings. The molecule has 2 unspecified atom stereocenters. The zero-order valence-corrected chi connectivity index (χ0v) is 15.0. The quantitative estimate of drug-likeness (QED) is 0.685. The molecule has 0 saturated carbocycles. The number of nitrogens with one attached hydrogen (secondary N) is 2. The van der Waals surface area contributed by atoms with E-state index in [4.69, 9.17) is 0 Å². The van der Waals surface area contributed by atoms with Crippen molar-refractivity contribution in [2.24, 2.45) is 5.92 Å². The fourth-order valence-corrected chi connectivity index (χ4v) is 2.70. The van der Waals surface area contributed by atoms with Crippen molar-refractivity contribution in [2.45, 2.75) is 45.8 Å². The summed E-state index contributed by atoms with van der Waals surface area (Å²) in [6, 6.07) is 9.04. The summed E-state index contributed by atoms with van der Waals surface area (Å²) in [5, 5.41) is 23.8. The SMILES string of the molecule is CCC(CC)C(O)CNC(=O)NC(C)c1cn(-c2ccccc2)nn1. The molecule has 2 atom stereocenters. The topological polar surface area (TPSA) is 92.1 Å². The Morgan fingerprint density at radius 3 is 2.56 bits per heavy atom. The van der Waals surface area contributed by atoms with Gasteiger partial charge in [-0.3, -0.25) is 0 Å². The van der Waals surface area contributed by atoms with Crippen LogP contribution in [0.4, 0.5) is 4.79 Å². The molecule has 0 aliphatic carbocycles. The molecule has 0 fully saturated rings. The predicted molar refractivity (Wildman–Crippen MR) is 96.4 cm³/mol. The van der Waals surface area contributed by atoms with Crippen molar-refractivity contribution >= 4 is 6.03 Å². The molecule has 1 aromatic heterocycles. The molecule has 0 saturated heterocycles. The Morgan fingerprint density at radius 1 is 1.24 bits per heavy atom. The van der Waals surface area contributed by atoms with Gasteiger partial charge < -0.3 is 15.7 Å². The molecule has 2 amide bonds. The van der Waals surface area contributed by atoms with Gasteiger partial charge in [0.2, 0.25) is 0 Å². The highest BCUT2D eigenvalue weighted by atomic mass is 16.3. The maximum atomic E-state index is 12.0. The van der Waals surface area contributed by atoms with Crippen LogP contribution in [-0.2, 0) is 0 Å². The van der Waals surface area contributed by atoms with Crippen LogP contribution in [0, 0.1) is 5.92 Å². The summed E-state index contributed by atoms with van der Waals surface area (Å²) >= 11 is 0. The molecule has 0 spiro atoms. The molecule has 0 bridgehead atoms. The molecule has 2 aromatic rings. The average Bonchev–Trinajstić information content (AvgIpc) is 3.12. The minimum absolute atomic E-state index is 0.198. The van der Waals surface area contributed by atoms with Crippen molar-refractivity contribution in [1.82, 2.24) is 25.6 Å². The highest BCUT2D eigenvalue weighted by Gasteiger charge is 2.18. The first kappa shape index (κ1) is 18.9. The molecule has 7 nitrogen and oxygen atoms in total. The third-order valence-electron chi connectivity index (χ3n) is 4.39. The van der Waals surface area contributed by atoms with E-state index < -0.39 is 6.10 Å². The molecule has 25 heavy (non-hydrogen) atoms. The van der Waals surface area contributed by atoms with Gasteiger partial charge in [0, 0.05) is 6.54 Å². The number of aliphatic hydroxyl groups excluding tert-OH is 1. The number of aliphatic hydroxyl groups is 1. The predicted octanol–water partition coefficient (Wildman–Crippen LogP) is 2.42. The van der Waals surface area contributed by atoms with Crippen LogP contribution >= 0.6 is 0 Å². The number of rotatable bonds is 8. The Morgan fingerprint density at radius 2 is 1.92 bits per heavy atom. The van der Waals surface area contributed by atoms with Crippen molar-refractivity contribution in [3.8, 4) is 5.69 Å². The number of para-hydroxylation sites is 1. The average molecular weight is 345 g/mol. The molecule has 1 aromatic carbocycles. The van der Waals surface area contributed by atoms with Crippen molar-refractivity contribution in [1.29, 1.82) is 0 Å². The summed E-state index contributed by atoms with van der Waals surface area (Å²) in [6.07, 6.45) is 3.04. The number of nitrogens with zero attached hydrogens (tertiary/aromatic N) is 3. The number of carbonyl (C=O) groups is 1. The first-order chi connectivity index (χ1) is 12.0. The zero-order chi connectivity index (χ0) is 18.2. The number of hydrogen-bond donors (Lipinski definition) is 3. The summed E-state index contributed by atoms with van der Waals surface area (Å²) < 4.78 is 1.67. The van der Waals surface area contributed by atoms with E-state index in [9.17, 15) is 9.90 Å². The van der Waals surface area contributed by atoms with Crippen molar-refractivity contribution in [3.63, 3.8) is 0 Å². The standard InChI is InChI=1S/C18H27N5O2/c1-4-14(5-2)17(24)11-19-18(25)20-13(3)16-12-23(22-21-16)15-9-7-6-8-10-15/h6-10,12-14,17,24H,4-5,11H2,1-3H3,(H2,19,20,25). The van der Waals surface area contributed by atoms with Crippen molar-refractivity contribution in [3.05, 3.63) is 42.2 Å². The van der Waals surface area contributed by atoms with E-state index >= 15 is 0 Å². The van der Waals surface area contributed by atoms with Crippen LogP contribution in [0.25, 0.3) is 5.69 Å². The largest absolute Gasteiger partial charge is 0.391 e. The molecular weight excluding hydrogens is 318 g/mol. The van der Waals surface area contributed by atoms with Crippen molar-refractivity contribution < 1.29 is 9.90 Å². The number of aromatic nitrogens is 3. The molecule has 7 heteroatoms. The zero-order valence-electron chi connectivity index (χ0n) is 15.0. The molecule has 0 aliphatic heterocycles. The Kier molecular flexibility index (Phi) is 6.94. The minimum atomic E-state index is -0.532. The van der Waals surface area contributed by atoms with Gasteiger partial charge in [-0.25, -0.2) is 9.48 Å². The first-order valence-electron chi connectivity index (χ1n) is 8.75. The second kappa shape index (κ2) is 9.17. The molecular formula is C18H27N5O2. The fraction of sp³-hybridized carbons (Fsp3) is 0.500. The number of hydrogen-bond acceptors (Lipinski definition) is 4. The Hall–Kier alpha value is -2.41. The van der Waals surface area contributed by atoms with Gasteiger partial charge in [-0.05, 0) is 25.0 Å². The maximum absolute atomic E-state index is 12.0. The minimum Gasteiger partial charge on any atom is -0.391 e. The normalized spacial score (nSPS) is 13.5. The Bertz CT molecular complexity index is 654. The van der Waals surface area contributed by atoms with Crippen LogP contribution in [0.3, 0.4) is 0 Å². The number of benzene rings is 1. The van der Waals surface area contributed by atoms with Crippen LogP contribution in [0.15, 0.2) is 36.5 Å². The smallest absolute Gasteiger partial charge is 0.315 e. The van der Waals surface area contributed by atoms with Crippen LogP contribution in [0.5, 0.6) is 0 Å². The van der Waals surface area contributed by atoms with E-state index in [0.717, 1.165) is 18.5 Å². The monoisotopic (exact) mass is 345 g/mol. The Labute approximate surface area is 148 Å². The fourth-order valence-electron chi connectivity index (χ4n) is 2.70. The van der Waals surface area contributed by atoms with Crippen LogP contribution in [0.2, 0.25) is 0 Å². The van der Waals surface area contributed by atoms with E-state index in [1.165, 1.54) is 0 Å². The first-order valence-corrected chi connectivity index (χ1v) is 8.75. The van der Waals surface area contributed by atoms with E-state index in [2.05, 4.69) is 20.9 Å². The van der Waals surface area contributed by atoms with Gasteiger partial charge in [0.15, 0.2) is 0 Å². The molecule has 2 rings (SSSR count).